The average Bonchev–Trinajstić information content (AvgIpc) is 2.90. The average molecular weight is 493 g/mol. The molecule has 2 aromatic rings. The van der Waals surface area contributed by atoms with Crippen molar-refractivity contribution in [1.82, 2.24) is 10.2 Å². The fourth-order valence-electron chi connectivity index (χ4n) is 3.71. The molecular formula is C29H36N2O5. The van der Waals surface area contributed by atoms with Crippen LogP contribution in [0.2, 0.25) is 0 Å². The Bertz CT molecular complexity index is 978. The van der Waals surface area contributed by atoms with Gasteiger partial charge in [0.15, 0.2) is 0 Å². The maximum atomic E-state index is 13.3. The molecule has 2 rings (SSSR count). The van der Waals surface area contributed by atoms with E-state index in [0.717, 1.165) is 11.1 Å². The SMILES string of the molecule is C=CCCC(=O)OC[C@@H](NC(=O)[C@H](CC=C)CC(=O)N(CCO)Cc1ccccc1)c1ccccc1. The first-order valence-corrected chi connectivity index (χ1v) is 12.1. The van der Waals surface area contributed by atoms with Crippen LogP contribution in [0.1, 0.15) is 42.9 Å². The first-order valence-electron chi connectivity index (χ1n) is 12.1. The summed E-state index contributed by atoms with van der Waals surface area (Å²) in [4.78, 5) is 40.0. The summed E-state index contributed by atoms with van der Waals surface area (Å²) in [5.74, 6) is -1.59. The van der Waals surface area contributed by atoms with Gasteiger partial charge in [0.25, 0.3) is 0 Å². The molecule has 0 spiro atoms. The Morgan fingerprint density at radius 1 is 1.00 bits per heavy atom. The van der Waals surface area contributed by atoms with Gasteiger partial charge >= 0.3 is 5.97 Å². The van der Waals surface area contributed by atoms with E-state index < -0.39 is 12.0 Å². The van der Waals surface area contributed by atoms with E-state index in [1.165, 1.54) is 0 Å². The lowest BCUT2D eigenvalue weighted by Gasteiger charge is -2.26. The second kappa shape index (κ2) is 16.1. The predicted molar refractivity (Wildman–Crippen MR) is 140 cm³/mol. The summed E-state index contributed by atoms with van der Waals surface area (Å²) < 4.78 is 5.39. The molecule has 0 saturated carbocycles. The lowest BCUT2D eigenvalue weighted by Crippen LogP contribution is -2.40. The summed E-state index contributed by atoms with van der Waals surface area (Å²) in [7, 11) is 0. The van der Waals surface area contributed by atoms with Gasteiger partial charge in [-0.2, -0.15) is 0 Å². The standard InChI is InChI=1S/C29H36N2O5/c1-3-5-17-28(34)36-22-26(24-15-10-7-11-16-24)30-29(35)25(12-4-2)20-27(33)31(18-19-32)21-23-13-8-6-9-14-23/h3-4,6-11,13-16,25-26,32H,1-2,5,12,17-22H2,(H,30,35)/t25-,26-/m1/s1. The molecule has 0 aliphatic rings. The Balaban J connectivity index is 2.11. The summed E-state index contributed by atoms with van der Waals surface area (Å²) in [6, 6.07) is 18.2. The fraction of sp³-hybridized carbons (Fsp3) is 0.345. The van der Waals surface area contributed by atoms with Gasteiger partial charge in [0.1, 0.15) is 6.61 Å². The van der Waals surface area contributed by atoms with Gasteiger partial charge in [-0.1, -0.05) is 72.8 Å². The van der Waals surface area contributed by atoms with E-state index in [9.17, 15) is 19.5 Å². The van der Waals surface area contributed by atoms with E-state index >= 15 is 0 Å². The quantitative estimate of drug-likeness (QED) is 0.273. The van der Waals surface area contributed by atoms with Crippen molar-refractivity contribution >= 4 is 17.8 Å². The molecule has 0 aliphatic heterocycles. The number of carbonyl (C=O) groups is 3. The van der Waals surface area contributed by atoms with Crippen molar-refractivity contribution in [3.63, 3.8) is 0 Å². The third-order valence-electron chi connectivity index (χ3n) is 5.66. The molecule has 0 bridgehead atoms. The molecule has 192 valence electrons. The molecule has 36 heavy (non-hydrogen) atoms. The van der Waals surface area contributed by atoms with E-state index in [4.69, 9.17) is 4.74 Å². The summed E-state index contributed by atoms with van der Waals surface area (Å²) >= 11 is 0. The Morgan fingerprint density at radius 3 is 2.28 bits per heavy atom. The minimum Gasteiger partial charge on any atom is -0.463 e. The molecule has 0 saturated heterocycles. The van der Waals surface area contributed by atoms with E-state index in [2.05, 4.69) is 18.5 Å². The topological polar surface area (TPSA) is 95.9 Å². The molecule has 2 amide bonds. The fourth-order valence-corrected chi connectivity index (χ4v) is 3.71. The van der Waals surface area contributed by atoms with Crippen LogP contribution in [0, 0.1) is 5.92 Å². The molecule has 0 aliphatic carbocycles. The molecule has 0 fully saturated rings. The maximum absolute atomic E-state index is 13.3. The summed E-state index contributed by atoms with van der Waals surface area (Å²) in [5.41, 5.74) is 1.73. The van der Waals surface area contributed by atoms with E-state index in [-0.39, 0.29) is 50.4 Å². The number of amides is 2. The first kappa shape index (κ1) is 28.5. The zero-order chi connectivity index (χ0) is 26.2. The largest absolute Gasteiger partial charge is 0.463 e. The van der Waals surface area contributed by atoms with Gasteiger partial charge in [-0.05, 0) is 24.0 Å². The zero-order valence-corrected chi connectivity index (χ0v) is 20.7. The number of aliphatic hydroxyl groups is 1. The van der Waals surface area contributed by atoms with Crippen LogP contribution < -0.4 is 5.32 Å². The summed E-state index contributed by atoms with van der Waals surface area (Å²) in [5, 5.41) is 12.4. The van der Waals surface area contributed by atoms with Gasteiger partial charge in [-0.3, -0.25) is 14.4 Å². The second-order valence-electron chi connectivity index (χ2n) is 8.43. The van der Waals surface area contributed by atoms with Crippen molar-refractivity contribution in [2.75, 3.05) is 19.8 Å². The molecular weight excluding hydrogens is 456 g/mol. The zero-order valence-electron chi connectivity index (χ0n) is 20.7. The van der Waals surface area contributed by atoms with E-state index in [1.54, 1.807) is 17.1 Å². The van der Waals surface area contributed by atoms with Crippen LogP contribution in [0.25, 0.3) is 0 Å². The van der Waals surface area contributed by atoms with E-state index in [0.29, 0.717) is 19.4 Å². The maximum Gasteiger partial charge on any atom is 0.306 e. The van der Waals surface area contributed by atoms with Gasteiger partial charge in [-0.25, -0.2) is 0 Å². The highest BCUT2D eigenvalue weighted by Gasteiger charge is 2.27. The number of esters is 1. The number of nitrogens with one attached hydrogen (secondary N) is 1. The predicted octanol–water partition coefficient (Wildman–Crippen LogP) is 3.96. The highest BCUT2D eigenvalue weighted by Crippen LogP contribution is 2.19. The summed E-state index contributed by atoms with van der Waals surface area (Å²) in [6.45, 7) is 7.66. The number of aliphatic hydroxyl groups excluding tert-OH is 1. The lowest BCUT2D eigenvalue weighted by molar-refractivity contribution is -0.145. The molecule has 7 nitrogen and oxygen atoms in total. The molecule has 7 heteroatoms. The number of rotatable bonds is 16. The van der Waals surface area contributed by atoms with Crippen molar-refractivity contribution in [1.29, 1.82) is 0 Å². The van der Waals surface area contributed by atoms with Crippen LogP contribution in [0.5, 0.6) is 0 Å². The highest BCUT2D eigenvalue weighted by molar-refractivity contribution is 5.86. The van der Waals surface area contributed by atoms with Gasteiger partial charge in [0.2, 0.25) is 11.8 Å². The third-order valence-corrected chi connectivity index (χ3v) is 5.66. The third kappa shape index (κ3) is 9.88. The van der Waals surface area contributed by atoms with Crippen molar-refractivity contribution in [2.24, 2.45) is 5.92 Å². The number of hydrogen-bond donors (Lipinski definition) is 2. The first-order chi connectivity index (χ1) is 17.5. The van der Waals surface area contributed by atoms with Gasteiger partial charge in [-0.15, -0.1) is 13.2 Å². The normalized spacial score (nSPS) is 12.1. The summed E-state index contributed by atoms with van der Waals surface area (Å²) in [6.07, 6.45) is 4.25. The van der Waals surface area contributed by atoms with Crippen LogP contribution in [-0.2, 0) is 25.7 Å². The molecule has 0 radical (unpaired) electrons. The molecule has 2 atom stereocenters. The van der Waals surface area contributed by atoms with Crippen LogP contribution in [0.4, 0.5) is 0 Å². The highest BCUT2D eigenvalue weighted by atomic mass is 16.5. The Hall–Kier alpha value is -3.71. The Kier molecular flexibility index (Phi) is 12.7. The van der Waals surface area contributed by atoms with Crippen molar-refractivity contribution < 1.29 is 24.2 Å². The number of carbonyl (C=O) groups excluding carboxylic acids is 3. The molecule has 0 aromatic heterocycles. The van der Waals surface area contributed by atoms with E-state index in [1.807, 2.05) is 60.7 Å². The van der Waals surface area contributed by atoms with Gasteiger partial charge in [0, 0.05) is 25.9 Å². The minimum atomic E-state index is -0.658. The number of allylic oxidation sites excluding steroid dienone is 2. The Labute approximate surface area is 213 Å². The lowest BCUT2D eigenvalue weighted by atomic mass is 9.98. The minimum absolute atomic E-state index is 0.0227. The Morgan fingerprint density at radius 2 is 1.67 bits per heavy atom. The number of ether oxygens (including phenoxy) is 1. The number of hydrogen-bond acceptors (Lipinski definition) is 5. The second-order valence-corrected chi connectivity index (χ2v) is 8.43. The van der Waals surface area contributed by atoms with Crippen molar-refractivity contribution in [3.8, 4) is 0 Å². The van der Waals surface area contributed by atoms with Crippen LogP contribution in [0.15, 0.2) is 86.0 Å². The molecule has 0 unspecified atom stereocenters. The number of benzene rings is 2. The van der Waals surface area contributed by atoms with Gasteiger partial charge in [0.05, 0.1) is 18.6 Å². The smallest absolute Gasteiger partial charge is 0.306 e. The number of nitrogens with zero attached hydrogens (tertiary/aromatic N) is 1. The monoisotopic (exact) mass is 492 g/mol. The van der Waals surface area contributed by atoms with Crippen LogP contribution in [0.3, 0.4) is 0 Å². The van der Waals surface area contributed by atoms with Crippen molar-refractivity contribution in [3.05, 3.63) is 97.1 Å². The molecule has 0 heterocycles. The van der Waals surface area contributed by atoms with Crippen molar-refractivity contribution in [2.45, 2.75) is 38.3 Å². The molecule has 2 aromatic carbocycles. The van der Waals surface area contributed by atoms with Crippen LogP contribution >= 0.6 is 0 Å². The van der Waals surface area contributed by atoms with Crippen LogP contribution in [-0.4, -0.2) is 47.5 Å². The molecule has 2 N–H and O–H groups in total. The van der Waals surface area contributed by atoms with Gasteiger partial charge < -0.3 is 20.1 Å².